The van der Waals surface area contributed by atoms with E-state index in [4.69, 9.17) is 9.72 Å². The highest BCUT2D eigenvalue weighted by atomic mass is 19.1. The minimum absolute atomic E-state index is 0.0511. The molecule has 8 heteroatoms. The number of carboxylic acids is 1. The lowest BCUT2D eigenvalue weighted by Gasteiger charge is -2.21. The number of anilines is 1. The lowest BCUT2D eigenvalue weighted by Crippen LogP contribution is -2.25. The molecule has 162 valence electrons. The molecule has 1 fully saturated rings. The van der Waals surface area contributed by atoms with Crippen molar-refractivity contribution in [1.29, 1.82) is 0 Å². The number of aryl methyl sites for hydroxylation is 1. The molecule has 31 heavy (non-hydrogen) atoms. The van der Waals surface area contributed by atoms with Crippen LogP contribution in [0.3, 0.4) is 0 Å². The number of benzene rings is 2. The summed E-state index contributed by atoms with van der Waals surface area (Å²) in [5.41, 5.74) is 2.26. The highest BCUT2D eigenvalue weighted by Gasteiger charge is 2.25. The van der Waals surface area contributed by atoms with E-state index in [9.17, 15) is 19.1 Å². The topological polar surface area (TPSA) is 93.4 Å². The number of aromatic nitrogens is 2. The van der Waals surface area contributed by atoms with Crippen LogP contribution in [-0.4, -0.2) is 33.8 Å². The van der Waals surface area contributed by atoms with E-state index in [1.165, 1.54) is 12.1 Å². The van der Waals surface area contributed by atoms with E-state index in [0.29, 0.717) is 35.6 Å². The molecule has 3 aromatic rings. The fourth-order valence-electron chi connectivity index (χ4n) is 4.13. The number of rotatable bonds is 5. The number of fused-ring (bicyclic) bond motifs is 1. The Hall–Kier alpha value is -3.26. The second-order valence-electron chi connectivity index (χ2n) is 8.01. The standard InChI is InChI=1S/C23H24FN3O4/c1-12-8-16(13(2)25-19-5-4-15(24)10-17(19)23(29)30)20-18(9-12)22(28)27(3)21(26-20)14-6-7-31-11-14/h4-5,8-10,13-14,25H,6-7,11H2,1-3H3,(H,29,30)/t13-,14+/m1/s1. The van der Waals surface area contributed by atoms with Gasteiger partial charge in [0.15, 0.2) is 0 Å². The number of nitrogens with one attached hydrogen (secondary N) is 1. The van der Waals surface area contributed by atoms with E-state index in [1.807, 2.05) is 26.0 Å². The third kappa shape index (κ3) is 3.90. The first-order valence-corrected chi connectivity index (χ1v) is 10.1. The minimum Gasteiger partial charge on any atom is -0.478 e. The van der Waals surface area contributed by atoms with Crippen LogP contribution >= 0.6 is 0 Å². The van der Waals surface area contributed by atoms with Gasteiger partial charge in [-0.1, -0.05) is 6.07 Å². The van der Waals surface area contributed by atoms with Crippen molar-refractivity contribution in [3.8, 4) is 0 Å². The van der Waals surface area contributed by atoms with Crippen LogP contribution in [0.2, 0.25) is 0 Å². The predicted molar refractivity (Wildman–Crippen MR) is 115 cm³/mol. The van der Waals surface area contributed by atoms with Gasteiger partial charge in [-0.05, 0) is 50.1 Å². The Labute approximate surface area is 178 Å². The van der Waals surface area contributed by atoms with E-state index in [1.54, 1.807) is 11.6 Å². The molecule has 1 aliphatic rings. The molecule has 0 spiro atoms. The molecule has 0 aliphatic carbocycles. The lowest BCUT2D eigenvalue weighted by molar-refractivity contribution is 0.0697. The van der Waals surface area contributed by atoms with Gasteiger partial charge in [-0.15, -0.1) is 0 Å². The Morgan fingerprint density at radius 3 is 2.81 bits per heavy atom. The Kier molecular flexibility index (Phi) is 5.49. The second-order valence-corrected chi connectivity index (χ2v) is 8.01. The first-order valence-electron chi connectivity index (χ1n) is 10.1. The van der Waals surface area contributed by atoms with Crippen molar-refractivity contribution >= 4 is 22.6 Å². The van der Waals surface area contributed by atoms with Gasteiger partial charge in [0.2, 0.25) is 0 Å². The Balaban J connectivity index is 1.83. The summed E-state index contributed by atoms with van der Waals surface area (Å²) in [6, 6.07) is 6.97. The normalized spacial score (nSPS) is 17.1. The first kappa shape index (κ1) is 21.0. The van der Waals surface area contributed by atoms with Crippen LogP contribution in [0.15, 0.2) is 35.1 Å². The summed E-state index contributed by atoms with van der Waals surface area (Å²) in [4.78, 5) is 29.5. The fraction of sp³-hybridized carbons (Fsp3) is 0.348. The number of hydrogen-bond donors (Lipinski definition) is 2. The Bertz CT molecular complexity index is 1230. The molecule has 4 rings (SSSR count). The molecule has 0 bridgehead atoms. The maximum Gasteiger partial charge on any atom is 0.337 e. The summed E-state index contributed by atoms with van der Waals surface area (Å²) in [6.45, 7) is 4.92. The van der Waals surface area contributed by atoms with Gasteiger partial charge in [-0.25, -0.2) is 14.2 Å². The lowest BCUT2D eigenvalue weighted by atomic mass is 9.99. The molecule has 1 saturated heterocycles. The molecule has 0 amide bonds. The highest BCUT2D eigenvalue weighted by molar-refractivity contribution is 5.94. The molecule has 2 heterocycles. The Morgan fingerprint density at radius 2 is 2.13 bits per heavy atom. The van der Waals surface area contributed by atoms with Gasteiger partial charge in [0.1, 0.15) is 11.6 Å². The van der Waals surface area contributed by atoms with Crippen LogP contribution in [0.4, 0.5) is 10.1 Å². The van der Waals surface area contributed by atoms with Crippen molar-refractivity contribution in [2.24, 2.45) is 7.05 Å². The zero-order valence-electron chi connectivity index (χ0n) is 17.6. The number of aromatic carboxylic acids is 1. The third-order valence-electron chi connectivity index (χ3n) is 5.73. The van der Waals surface area contributed by atoms with Crippen LogP contribution in [0.5, 0.6) is 0 Å². The zero-order valence-corrected chi connectivity index (χ0v) is 17.6. The van der Waals surface area contributed by atoms with Gasteiger partial charge in [0, 0.05) is 30.8 Å². The molecular weight excluding hydrogens is 401 g/mol. The maximum absolute atomic E-state index is 13.6. The van der Waals surface area contributed by atoms with Gasteiger partial charge in [-0.2, -0.15) is 0 Å². The molecule has 0 unspecified atom stereocenters. The highest BCUT2D eigenvalue weighted by Crippen LogP contribution is 2.30. The molecule has 1 aromatic heterocycles. The van der Waals surface area contributed by atoms with Gasteiger partial charge >= 0.3 is 5.97 Å². The smallest absolute Gasteiger partial charge is 0.337 e. The maximum atomic E-state index is 13.6. The van der Waals surface area contributed by atoms with Crippen LogP contribution in [0, 0.1) is 12.7 Å². The van der Waals surface area contributed by atoms with Crippen molar-refractivity contribution in [2.45, 2.75) is 32.2 Å². The van der Waals surface area contributed by atoms with Crippen LogP contribution in [0.25, 0.3) is 10.9 Å². The fourth-order valence-corrected chi connectivity index (χ4v) is 4.13. The molecule has 2 atom stereocenters. The molecule has 0 radical (unpaired) electrons. The van der Waals surface area contributed by atoms with Crippen molar-refractivity contribution in [2.75, 3.05) is 18.5 Å². The quantitative estimate of drug-likeness (QED) is 0.647. The minimum atomic E-state index is -1.22. The summed E-state index contributed by atoms with van der Waals surface area (Å²) in [7, 11) is 1.73. The average molecular weight is 425 g/mol. The number of nitrogens with zero attached hydrogens (tertiary/aromatic N) is 2. The van der Waals surface area contributed by atoms with Crippen molar-refractivity contribution in [3.05, 3.63) is 69.0 Å². The van der Waals surface area contributed by atoms with Gasteiger partial charge in [0.05, 0.1) is 29.1 Å². The molecule has 0 saturated carbocycles. The van der Waals surface area contributed by atoms with Crippen LogP contribution < -0.4 is 10.9 Å². The van der Waals surface area contributed by atoms with Gasteiger partial charge < -0.3 is 15.2 Å². The van der Waals surface area contributed by atoms with E-state index in [0.717, 1.165) is 23.6 Å². The van der Waals surface area contributed by atoms with Crippen molar-refractivity contribution in [3.63, 3.8) is 0 Å². The average Bonchev–Trinajstić information content (AvgIpc) is 3.26. The van der Waals surface area contributed by atoms with E-state index < -0.39 is 11.8 Å². The molecule has 2 N–H and O–H groups in total. The van der Waals surface area contributed by atoms with Gasteiger partial charge in [-0.3, -0.25) is 9.36 Å². The first-order chi connectivity index (χ1) is 14.8. The monoisotopic (exact) mass is 425 g/mol. The summed E-state index contributed by atoms with van der Waals surface area (Å²) < 4.78 is 20.6. The predicted octanol–water partition coefficient (Wildman–Crippen LogP) is 3.76. The number of halogens is 1. The number of ether oxygens (including phenoxy) is 1. The molecular formula is C23H24FN3O4. The SMILES string of the molecule is Cc1cc([C@@H](C)Nc2ccc(F)cc2C(=O)O)c2nc([C@H]3CCOC3)n(C)c(=O)c2c1. The van der Waals surface area contributed by atoms with Crippen LogP contribution in [0.1, 0.15) is 52.6 Å². The summed E-state index contributed by atoms with van der Waals surface area (Å²) in [6.07, 6.45) is 0.804. The third-order valence-corrected chi connectivity index (χ3v) is 5.73. The molecule has 1 aliphatic heterocycles. The van der Waals surface area contributed by atoms with Gasteiger partial charge in [0.25, 0.3) is 5.56 Å². The van der Waals surface area contributed by atoms with Crippen LogP contribution in [-0.2, 0) is 11.8 Å². The summed E-state index contributed by atoms with van der Waals surface area (Å²) >= 11 is 0. The summed E-state index contributed by atoms with van der Waals surface area (Å²) in [5, 5.41) is 13.1. The number of carbonyl (C=O) groups is 1. The molecule has 2 aromatic carbocycles. The van der Waals surface area contributed by atoms with E-state index in [-0.39, 0.29) is 23.1 Å². The number of carboxylic acid groups (broad SMARTS) is 1. The summed E-state index contributed by atoms with van der Waals surface area (Å²) in [5.74, 6) is -1.11. The van der Waals surface area contributed by atoms with Crippen molar-refractivity contribution in [1.82, 2.24) is 9.55 Å². The van der Waals surface area contributed by atoms with Crippen molar-refractivity contribution < 1.29 is 19.0 Å². The second kappa shape index (κ2) is 8.11. The number of hydrogen-bond acceptors (Lipinski definition) is 5. The zero-order chi connectivity index (χ0) is 22.3. The molecule has 7 nitrogen and oxygen atoms in total. The largest absolute Gasteiger partial charge is 0.478 e. The van der Waals surface area contributed by atoms with E-state index in [2.05, 4.69) is 5.32 Å². The Morgan fingerprint density at radius 1 is 1.35 bits per heavy atom. The van der Waals surface area contributed by atoms with E-state index >= 15 is 0 Å².